The Balaban J connectivity index is 2.84. The molecule has 98 valence electrons. The molecule has 0 heterocycles. The number of carbonyl (C=O) groups excluding carboxylic acids is 1. The number of methoxy groups -OCH3 is 1. The minimum atomic E-state index is -1.02. The minimum Gasteiger partial charge on any atom is -0.478 e. The third-order valence-electron chi connectivity index (χ3n) is 2.28. The predicted molar refractivity (Wildman–Crippen MR) is 75.8 cm³/mol. The van der Waals surface area contributed by atoms with Gasteiger partial charge in [-0.25, -0.2) is 4.79 Å². The van der Waals surface area contributed by atoms with Crippen LogP contribution in [0.25, 0.3) is 0 Å². The van der Waals surface area contributed by atoms with Crippen LogP contribution in [-0.2, 0) is 9.53 Å². The van der Waals surface area contributed by atoms with Crippen LogP contribution < -0.4 is 5.32 Å². The molecule has 0 fully saturated rings. The van der Waals surface area contributed by atoms with Crippen LogP contribution in [0, 0.1) is 9.49 Å². The van der Waals surface area contributed by atoms with E-state index in [1.165, 1.54) is 19.2 Å². The first-order chi connectivity index (χ1) is 8.43. The SMILES string of the molecule is COCC(C)C(=O)Nc1cc(I)cc(C(=O)O)c1. The number of anilines is 1. The van der Waals surface area contributed by atoms with Crippen molar-refractivity contribution >= 4 is 40.2 Å². The highest BCUT2D eigenvalue weighted by molar-refractivity contribution is 14.1. The van der Waals surface area contributed by atoms with Crippen LogP contribution in [0.2, 0.25) is 0 Å². The number of aromatic carboxylic acids is 1. The molecule has 0 saturated carbocycles. The first-order valence-corrected chi connectivity index (χ1v) is 6.35. The van der Waals surface area contributed by atoms with Gasteiger partial charge in [0.1, 0.15) is 0 Å². The van der Waals surface area contributed by atoms with E-state index in [0.717, 1.165) is 3.57 Å². The van der Waals surface area contributed by atoms with E-state index in [-0.39, 0.29) is 17.4 Å². The summed E-state index contributed by atoms with van der Waals surface area (Å²) in [6.45, 7) is 2.06. The van der Waals surface area contributed by atoms with Crippen molar-refractivity contribution in [1.82, 2.24) is 0 Å². The average molecular weight is 363 g/mol. The van der Waals surface area contributed by atoms with E-state index >= 15 is 0 Å². The molecule has 0 aliphatic heterocycles. The zero-order chi connectivity index (χ0) is 13.7. The molecule has 0 saturated heterocycles. The highest BCUT2D eigenvalue weighted by atomic mass is 127. The van der Waals surface area contributed by atoms with Gasteiger partial charge >= 0.3 is 5.97 Å². The standard InChI is InChI=1S/C12H14INO4/c1-7(6-18-2)11(15)14-10-4-8(12(16)17)3-9(13)5-10/h3-5,7H,6H2,1-2H3,(H,14,15)(H,16,17). The van der Waals surface area contributed by atoms with Gasteiger partial charge in [-0.3, -0.25) is 4.79 Å². The Morgan fingerprint density at radius 1 is 1.44 bits per heavy atom. The van der Waals surface area contributed by atoms with Gasteiger partial charge in [-0.05, 0) is 40.8 Å². The second-order valence-corrected chi connectivity index (χ2v) is 5.13. The Labute approximate surface area is 119 Å². The number of halogens is 1. The van der Waals surface area contributed by atoms with Crippen LogP contribution in [0.15, 0.2) is 18.2 Å². The van der Waals surface area contributed by atoms with Crippen LogP contribution in [0.4, 0.5) is 5.69 Å². The van der Waals surface area contributed by atoms with E-state index in [1.54, 1.807) is 13.0 Å². The van der Waals surface area contributed by atoms with Gasteiger partial charge in [0.2, 0.25) is 5.91 Å². The molecule has 2 N–H and O–H groups in total. The first-order valence-electron chi connectivity index (χ1n) is 5.27. The lowest BCUT2D eigenvalue weighted by Gasteiger charge is -2.12. The second-order valence-electron chi connectivity index (χ2n) is 3.88. The second kappa shape index (κ2) is 6.69. The summed E-state index contributed by atoms with van der Waals surface area (Å²) in [7, 11) is 1.53. The Morgan fingerprint density at radius 3 is 2.67 bits per heavy atom. The van der Waals surface area contributed by atoms with E-state index < -0.39 is 5.97 Å². The number of carboxylic acid groups (broad SMARTS) is 1. The number of rotatable bonds is 5. The van der Waals surface area contributed by atoms with Gasteiger partial charge < -0.3 is 15.2 Å². The summed E-state index contributed by atoms with van der Waals surface area (Å²) >= 11 is 2.01. The number of carboxylic acids is 1. The van der Waals surface area contributed by atoms with Crippen LogP contribution in [0.3, 0.4) is 0 Å². The minimum absolute atomic E-state index is 0.150. The Bertz CT molecular complexity index is 461. The van der Waals surface area contributed by atoms with Gasteiger partial charge in [0.25, 0.3) is 0 Å². The van der Waals surface area contributed by atoms with Gasteiger partial charge in [-0.1, -0.05) is 6.92 Å². The quantitative estimate of drug-likeness (QED) is 0.787. The van der Waals surface area contributed by atoms with E-state index in [9.17, 15) is 9.59 Å². The summed E-state index contributed by atoms with van der Waals surface area (Å²) in [6.07, 6.45) is 0. The number of benzene rings is 1. The zero-order valence-electron chi connectivity index (χ0n) is 10.1. The molecule has 6 heteroatoms. The van der Waals surface area contributed by atoms with Gasteiger partial charge in [0.15, 0.2) is 0 Å². The molecule has 1 rings (SSSR count). The molecule has 0 aromatic heterocycles. The van der Waals surface area contributed by atoms with Crippen molar-refractivity contribution in [3.63, 3.8) is 0 Å². The van der Waals surface area contributed by atoms with Crippen molar-refractivity contribution in [1.29, 1.82) is 0 Å². The number of hydrogen-bond acceptors (Lipinski definition) is 3. The topological polar surface area (TPSA) is 75.6 Å². The van der Waals surface area contributed by atoms with Crippen molar-refractivity contribution in [2.24, 2.45) is 5.92 Å². The summed E-state index contributed by atoms with van der Waals surface area (Å²) < 4.78 is 5.64. The third kappa shape index (κ3) is 4.26. The van der Waals surface area contributed by atoms with Gasteiger partial charge in [0, 0.05) is 16.4 Å². The molecule has 0 aliphatic rings. The number of amides is 1. The maximum absolute atomic E-state index is 11.8. The Morgan fingerprint density at radius 2 is 2.11 bits per heavy atom. The van der Waals surface area contributed by atoms with E-state index in [4.69, 9.17) is 9.84 Å². The fourth-order valence-corrected chi connectivity index (χ4v) is 2.05. The number of nitrogens with one attached hydrogen (secondary N) is 1. The molecule has 1 unspecified atom stereocenters. The van der Waals surface area contributed by atoms with Crippen LogP contribution in [0.1, 0.15) is 17.3 Å². The molecule has 0 aliphatic carbocycles. The summed E-state index contributed by atoms with van der Waals surface area (Å²) in [4.78, 5) is 22.6. The molecule has 18 heavy (non-hydrogen) atoms. The summed E-state index contributed by atoms with van der Waals surface area (Å²) in [6, 6.07) is 4.68. The highest BCUT2D eigenvalue weighted by Crippen LogP contribution is 2.17. The van der Waals surface area contributed by atoms with Crippen LogP contribution >= 0.6 is 22.6 Å². The fraction of sp³-hybridized carbons (Fsp3) is 0.333. The van der Waals surface area contributed by atoms with Gasteiger partial charge in [0.05, 0.1) is 18.1 Å². The molecule has 1 aromatic carbocycles. The largest absolute Gasteiger partial charge is 0.478 e. The van der Waals surface area contributed by atoms with E-state index in [1.807, 2.05) is 22.6 Å². The molecule has 0 spiro atoms. The smallest absolute Gasteiger partial charge is 0.335 e. The zero-order valence-corrected chi connectivity index (χ0v) is 12.2. The summed E-state index contributed by atoms with van der Waals surface area (Å²) in [5, 5.41) is 11.6. The lowest BCUT2D eigenvalue weighted by Crippen LogP contribution is -2.24. The van der Waals surface area contributed by atoms with Crippen LogP contribution in [-0.4, -0.2) is 30.7 Å². The Hall–Kier alpha value is -1.15. The molecular weight excluding hydrogens is 349 g/mol. The van der Waals surface area contributed by atoms with Crippen molar-refractivity contribution in [3.8, 4) is 0 Å². The first kappa shape index (κ1) is 14.9. The normalized spacial score (nSPS) is 11.9. The highest BCUT2D eigenvalue weighted by Gasteiger charge is 2.14. The van der Waals surface area contributed by atoms with Crippen molar-refractivity contribution in [2.45, 2.75) is 6.92 Å². The van der Waals surface area contributed by atoms with Crippen molar-refractivity contribution in [2.75, 3.05) is 19.0 Å². The molecular formula is C12H14INO4. The molecule has 0 radical (unpaired) electrons. The number of carbonyl (C=O) groups is 2. The Kier molecular flexibility index (Phi) is 5.54. The molecule has 0 bridgehead atoms. The summed E-state index contributed by atoms with van der Waals surface area (Å²) in [5.74, 6) is -1.51. The maximum atomic E-state index is 11.8. The molecule has 1 amide bonds. The lowest BCUT2D eigenvalue weighted by atomic mass is 10.1. The molecule has 1 atom stereocenters. The maximum Gasteiger partial charge on any atom is 0.335 e. The molecule has 5 nitrogen and oxygen atoms in total. The predicted octanol–water partition coefficient (Wildman–Crippen LogP) is 2.21. The van der Waals surface area contributed by atoms with Gasteiger partial charge in [-0.15, -0.1) is 0 Å². The lowest BCUT2D eigenvalue weighted by molar-refractivity contribution is -0.120. The van der Waals surface area contributed by atoms with Gasteiger partial charge in [-0.2, -0.15) is 0 Å². The number of hydrogen-bond donors (Lipinski definition) is 2. The average Bonchev–Trinajstić information content (AvgIpc) is 2.28. The van der Waals surface area contributed by atoms with Crippen molar-refractivity contribution in [3.05, 3.63) is 27.3 Å². The number of ether oxygens (including phenoxy) is 1. The third-order valence-corrected chi connectivity index (χ3v) is 2.90. The fourth-order valence-electron chi connectivity index (χ4n) is 1.38. The van der Waals surface area contributed by atoms with E-state index in [0.29, 0.717) is 12.3 Å². The van der Waals surface area contributed by atoms with Crippen molar-refractivity contribution < 1.29 is 19.4 Å². The van der Waals surface area contributed by atoms with E-state index in [2.05, 4.69) is 5.32 Å². The monoisotopic (exact) mass is 363 g/mol. The summed E-state index contributed by atoms with van der Waals surface area (Å²) in [5.41, 5.74) is 0.629. The van der Waals surface area contributed by atoms with Crippen LogP contribution in [0.5, 0.6) is 0 Å². The molecule has 1 aromatic rings.